The van der Waals surface area contributed by atoms with E-state index in [0.29, 0.717) is 29.5 Å². The molecule has 0 unspecified atom stereocenters. The van der Waals surface area contributed by atoms with Gasteiger partial charge in [-0.1, -0.05) is 35.9 Å². The van der Waals surface area contributed by atoms with Crippen molar-refractivity contribution in [3.63, 3.8) is 0 Å². The van der Waals surface area contributed by atoms with Gasteiger partial charge in [-0.15, -0.1) is 0 Å². The molecule has 1 atom stereocenters. The average Bonchev–Trinajstić information content (AvgIpc) is 2.61. The lowest BCUT2D eigenvalue weighted by atomic mass is 10.2. The molecule has 0 aliphatic carbocycles. The van der Waals surface area contributed by atoms with Crippen LogP contribution in [0.15, 0.2) is 48.5 Å². The van der Waals surface area contributed by atoms with E-state index in [9.17, 15) is 9.59 Å². The van der Waals surface area contributed by atoms with E-state index < -0.39 is 12.1 Å². The summed E-state index contributed by atoms with van der Waals surface area (Å²) in [5, 5.41) is 3.37. The minimum atomic E-state index is -0.722. The first-order chi connectivity index (χ1) is 12.0. The van der Waals surface area contributed by atoms with Gasteiger partial charge in [0.1, 0.15) is 5.75 Å². The van der Waals surface area contributed by atoms with Crippen molar-refractivity contribution in [2.45, 2.75) is 26.5 Å². The molecular weight excluding hydrogens is 342 g/mol. The molecule has 2 aromatic carbocycles. The highest BCUT2D eigenvalue weighted by Crippen LogP contribution is 2.17. The number of halogens is 1. The van der Waals surface area contributed by atoms with Gasteiger partial charge in [0.2, 0.25) is 0 Å². The van der Waals surface area contributed by atoms with Crippen LogP contribution in [-0.2, 0) is 16.1 Å². The third kappa shape index (κ3) is 5.50. The first kappa shape index (κ1) is 18.8. The number of rotatable bonds is 7. The van der Waals surface area contributed by atoms with Gasteiger partial charge in [0.25, 0.3) is 5.91 Å². The zero-order valence-corrected chi connectivity index (χ0v) is 14.9. The van der Waals surface area contributed by atoms with Crippen LogP contribution in [0.3, 0.4) is 0 Å². The van der Waals surface area contributed by atoms with Gasteiger partial charge in [0, 0.05) is 11.6 Å². The lowest BCUT2D eigenvalue weighted by Gasteiger charge is -2.15. The Kier molecular flexibility index (Phi) is 6.83. The van der Waals surface area contributed by atoms with Gasteiger partial charge >= 0.3 is 5.97 Å². The van der Waals surface area contributed by atoms with Crippen LogP contribution in [0.25, 0.3) is 0 Å². The molecule has 0 fully saturated rings. The van der Waals surface area contributed by atoms with Crippen LogP contribution in [0.2, 0.25) is 5.02 Å². The Balaban J connectivity index is 1.93. The Morgan fingerprint density at radius 3 is 2.64 bits per heavy atom. The summed E-state index contributed by atoms with van der Waals surface area (Å²) in [6, 6.07) is 13.8. The Morgan fingerprint density at radius 1 is 1.16 bits per heavy atom. The molecule has 25 heavy (non-hydrogen) atoms. The fourth-order valence-corrected chi connectivity index (χ4v) is 2.34. The van der Waals surface area contributed by atoms with Gasteiger partial charge in [-0.25, -0.2) is 4.79 Å². The van der Waals surface area contributed by atoms with Crippen LogP contribution in [0.4, 0.5) is 0 Å². The summed E-state index contributed by atoms with van der Waals surface area (Å²) in [5.41, 5.74) is 1.21. The molecule has 0 bridgehead atoms. The largest absolute Gasteiger partial charge is 0.481 e. The molecule has 2 rings (SSSR count). The first-order valence-electron chi connectivity index (χ1n) is 7.96. The number of benzene rings is 2. The van der Waals surface area contributed by atoms with E-state index in [0.717, 1.165) is 5.56 Å². The molecule has 0 saturated carbocycles. The van der Waals surface area contributed by atoms with Gasteiger partial charge in [0.15, 0.2) is 6.10 Å². The molecule has 1 amide bonds. The van der Waals surface area contributed by atoms with E-state index in [4.69, 9.17) is 21.1 Å². The molecule has 0 heterocycles. The van der Waals surface area contributed by atoms with Crippen LogP contribution in [0.5, 0.6) is 5.75 Å². The van der Waals surface area contributed by atoms with Crippen LogP contribution < -0.4 is 10.1 Å². The molecule has 6 heteroatoms. The summed E-state index contributed by atoms with van der Waals surface area (Å²) in [5.74, 6) is -0.281. The fourth-order valence-electron chi connectivity index (χ4n) is 2.14. The van der Waals surface area contributed by atoms with Crippen molar-refractivity contribution in [1.82, 2.24) is 5.32 Å². The van der Waals surface area contributed by atoms with Gasteiger partial charge in [0.05, 0.1) is 12.2 Å². The van der Waals surface area contributed by atoms with Gasteiger partial charge in [-0.3, -0.25) is 4.79 Å². The Morgan fingerprint density at radius 2 is 1.92 bits per heavy atom. The summed E-state index contributed by atoms with van der Waals surface area (Å²) in [7, 11) is 0. The van der Waals surface area contributed by atoms with Crippen molar-refractivity contribution in [3.8, 4) is 5.75 Å². The summed E-state index contributed by atoms with van der Waals surface area (Å²) >= 11 is 6.06. The van der Waals surface area contributed by atoms with E-state index in [1.807, 2.05) is 18.2 Å². The number of nitrogens with one attached hydrogen (secondary N) is 1. The van der Waals surface area contributed by atoms with Crippen molar-refractivity contribution in [2.24, 2.45) is 0 Å². The van der Waals surface area contributed by atoms with E-state index in [2.05, 4.69) is 5.32 Å². The number of amides is 1. The SMILES string of the molecule is CCOC(=O)c1cccc(O[C@@H](C)C(=O)NCc2ccccc2Cl)c1. The molecule has 0 radical (unpaired) electrons. The predicted octanol–water partition coefficient (Wildman–Crippen LogP) is 3.60. The van der Waals surface area contributed by atoms with Crippen LogP contribution in [0.1, 0.15) is 29.8 Å². The second-order valence-corrected chi connectivity index (χ2v) is 5.72. The lowest BCUT2D eigenvalue weighted by molar-refractivity contribution is -0.127. The highest BCUT2D eigenvalue weighted by atomic mass is 35.5. The maximum atomic E-state index is 12.2. The number of carbonyl (C=O) groups excluding carboxylic acids is 2. The third-order valence-corrected chi connectivity index (χ3v) is 3.81. The van der Waals surface area contributed by atoms with E-state index in [1.165, 1.54) is 0 Å². The quantitative estimate of drug-likeness (QED) is 0.765. The maximum absolute atomic E-state index is 12.2. The molecule has 0 aliphatic heterocycles. The van der Waals surface area contributed by atoms with E-state index >= 15 is 0 Å². The number of ether oxygens (including phenoxy) is 2. The Hall–Kier alpha value is -2.53. The maximum Gasteiger partial charge on any atom is 0.338 e. The molecule has 0 aromatic heterocycles. The second kappa shape index (κ2) is 9.08. The topological polar surface area (TPSA) is 64.6 Å². The summed E-state index contributed by atoms with van der Waals surface area (Å²) in [6.07, 6.45) is -0.722. The van der Waals surface area contributed by atoms with Crippen molar-refractivity contribution >= 4 is 23.5 Å². The third-order valence-electron chi connectivity index (χ3n) is 3.44. The van der Waals surface area contributed by atoms with E-state index in [1.54, 1.807) is 44.2 Å². The molecule has 0 saturated heterocycles. The zero-order chi connectivity index (χ0) is 18.2. The van der Waals surface area contributed by atoms with Gasteiger partial charge < -0.3 is 14.8 Å². The van der Waals surface area contributed by atoms with Crippen molar-refractivity contribution in [1.29, 1.82) is 0 Å². The minimum Gasteiger partial charge on any atom is -0.481 e. The van der Waals surface area contributed by atoms with Gasteiger partial charge in [-0.2, -0.15) is 0 Å². The number of hydrogen-bond acceptors (Lipinski definition) is 4. The smallest absolute Gasteiger partial charge is 0.338 e. The fraction of sp³-hybridized carbons (Fsp3) is 0.263. The minimum absolute atomic E-state index is 0.276. The zero-order valence-electron chi connectivity index (χ0n) is 14.1. The number of carbonyl (C=O) groups is 2. The van der Waals surface area contributed by atoms with Crippen LogP contribution >= 0.6 is 11.6 Å². The van der Waals surface area contributed by atoms with Crippen molar-refractivity contribution in [2.75, 3.05) is 6.61 Å². The molecular formula is C19H20ClNO4. The van der Waals surface area contributed by atoms with E-state index in [-0.39, 0.29) is 5.91 Å². The van der Waals surface area contributed by atoms with Crippen LogP contribution in [0, 0.1) is 0 Å². The predicted molar refractivity (Wildman–Crippen MR) is 95.8 cm³/mol. The highest BCUT2D eigenvalue weighted by Gasteiger charge is 2.16. The molecule has 2 aromatic rings. The molecule has 1 N–H and O–H groups in total. The van der Waals surface area contributed by atoms with Crippen LogP contribution in [-0.4, -0.2) is 24.6 Å². The normalized spacial score (nSPS) is 11.5. The summed E-state index contributed by atoms with van der Waals surface area (Å²) in [6.45, 7) is 3.99. The van der Waals surface area contributed by atoms with Crippen molar-refractivity contribution in [3.05, 3.63) is 64.7 Å². The first-order valence-corrected chi connectivity index (χ1v) is 8.34. The summed E-state index contributed by atoms with van der Waals surface area (Å²) < 4.78 is 10.6. The van der Waals surface area contributed by atoms with Gasteiger partial charge in [-0.05, 0) is 43.7 Å². The molecule has 0 spiro atoms. The monoisotopic (exact) mass is 361 g/mol. The highest BCUT2D eigenvalue weighted by molar-refractivity contribution is 6.31. The summed E-state index contributed by atoms with van der Waals surface area (Å²) in [4.78, 5) is 23.9. The number of esters is 1. The number of hydrogen-bond donors (Lipinski definition) is 1. The Bertz CT molecular complexity index is 748. The van der Waals surface area contributed by atoms with Crippen molar-refractivity contribution < 1.29 is 19.1 Å². The molecule has 0 aliphatic rings. The molecule has 5 nitrogen and oxygen atoms in total. The Labute approximate surface area is 151 Å². The standard InChI is InChI=1S/C19H20ClNO4/c1-3-24-19(23)14-8-6-9-16(11-14)25-13(2)18(22)21-12-15-7-4-5-10-17(15)20/h4-11,13H,3,12H2,1-2H3,(H,21,22)/t13-/m0/s1. The molecule has 132 valence electrons. The average molecular weight is 362 g/mol. The lowest BCUT2D eigenvalue weighted by Crippen LogP contribution is -2.36. The second-order valence-electron chi connectivity index (χ2n) is 5.32.